The first-order valence-electron chi connectivity index (χ1n) is 5.44. The Balaban J connectivity index is 1.89. The van der Waals surface area contributed by atoms with Crippen LogP contribution in [-0.4, -0.2) is 11.1 Å². The van der Waals surface area contributed by atoms with Crippen molar-refractivity contribution in [3.05, 3.63) is 57.7 Å². The Hall–Kier alpha value is -1.59. The lowest BCUT2D eigenvalue weighted by Gasteiger charge is -2.07. The monoisotopic (exact) mass is 340 g/mol. The average Bonchev–Trinajstić information content (AvgIpc) is 2.42. The lowest BCUT2D eigenvalue weighted by atomic mass is 10.2. The lowest BCUT2D eigenvalue weighted by molar-refractivity contribution is 0.155. The van der Waals surface area contributed by atoms with Gasteiger partial charge in [0.15, 0.2) is 0 Å². The van der Waals surface area contributed by atoms with Gasteiger partial charge >= 0.3 is 6.09 Å². The molecular weight excluding hydrogens is 332 g/mol. The largest absolute Gasteiger partial charge is 0.444 e. The van der Waals surface area contributed by atoms with Crippen molar-refractivity contribution in [3.63, 3.8) is 0 Å². The van der Waals surface area contributed by atoms with Crippen LogP contribution in [0.15, 0.2) is 47.1 Å². The highest BCUT2D eigenvalue weighted by atomic mass is 79.9. The van der Waals surface area contributed by atoms with E-state index >= 15 is 0 Å². The number of halogens is 2. The van der Waals surface area contributed by atoms with Crippen molar-refractivity contribution in [3.8, 4) is 0 Å². The van der Waals surface area contributed by atoms with Crippen LogP contribution < -0.4 is 5.32 Å². The van der Waals surface area contributed by atoms with Crippen molar-refractivity contribution in [2.75, 3.05) is 5.32 Å². The number of amides is 1. The van der Waals surface area contributed by atoms with E-state index in [1.165, 1.54) is 12.3 Å². The molecule has 6 heteroatoms. The van der Waals surface area contributed by atoms with Crippen molar-refractivity contribution in [1.82, 2.24) is 4.98 Å². The number of rotatable bonds is 3. The summed E-state index contributed by atoms with van der Waals surface area (Å²) < 4.78 is 5.72. The third-order valence-electron chi connectivity index (χ3n) is 2.25. The second-order valence-corrected chi connectivity index (χ2v) is 4.93. The molecule has 2 rings (SSSR count). The minimum absolute atomic E-state index is 0.205. The van der Waals surface area contributed by atoms with Gasteiger partial charge < -0.3 is 4.74 Å². The summed E-state index contributed by atoms with van der Waals surface area (Å²) >= 11 is 9.11. The Morgan fingerprint density at radius 3 is 2.79 bits per heavy atom. The number of hydrogen-bond acceptors (Lipinski definition) is 3. The van der Waals surface area contributed by atoms with Crippen LogP contribution in [0.5, 0.6) is 0 Å². The zero-order valence-electron chi connectivity index (χ0n) is 9.77. The van der Waals surface area contributed by atoms with Gasteiger partial charge in [0.2, 0.25) is 0 Å². The fraction of sp³-hybridized carbons (Fsp3) is 0.0769. The maximum atomic E-state index is 11.6. The maximum Gasteiger partial charge on any atom is 0.413 e. The summed E-state index contributed by atoms with van der Waals surface area (Å²) in [5, 5.41) is 2.97. The Labute approximate surface area is 123 Å². The van der Waals surface area contributed by atoms with Gasteiger partial charge in [-0.2, -0.15) is 0 Å². The van der Waals surface area contributed by atoms with Crippen molar-refractivity contribution >= 4 is 39.4 Å². The molecule has 0 saturated heterocycles. The maximum absolute atomic E-state index is 11.6. The number of anilines is 1. The molecule has 0 saturated carbocycles. The predicted octanol–water partition coefficient (Wildman–Crippen LogP) is 4.25. The van der Waals surface area contributed by atoms with E-state index in [-0.39, 0.29) is 6.61 Å². The minimum Gasteiger partial charge on any atom is -0.444 e. The number of ether oxygens (including phenoxy) is 1. The summed E-state index contributed by atoms with van der Waals surface area (Å²) in [6.07, 6.45) is 0.935. The molecule has 2 aromatic rings. The van der Waals surface area contributed by atoms with Crippen LogP contribution in [0.2, 0.25) is 5.02 Å². The Kier molecular flexibility index (Phi) is 4.76. The molecular formula is C13H10BrClN2O2. The summed E-state index contributed by atoms with van der Waals surface area (Å²) in [6, 6.07) is 11.0. The number of aromatic nitrogens is 1. The van der Waals surface area contributed by atoms with Gasteiger partial charge in [-0.15, -0.1) is 0 Å². The third-order valence-corrected chi connectivity index (χ3v) is 3.42. The van der Waals surface area contributed by atoms with Crippen LogP contribution in [0.25, 0.3) is 0 Å². The van der Waals surface area contributed by atoms with Crippen LogP contribution in [0.1, 0.15) is 5.56 Å². The Morgan fingerprint density at radius 1 is 1.37 bits per heavy atom. The fourth-order valence-electron chi connectivity index (χ4n) is 1.35. The van der Waals surface area contributed by atoms with Gasteiger partial charge in [-0.3, -0.25) is 5.32 Å². The van der Waals surface area contributed by atoms with Gasteiger partial charge in [0.25, 0.3) is 0 Å². The van der Waals surface area contributed by atoms with E-state index in [9.17, 15) is 4.79 Å². The lowest BCUT2D eigenvalue weighted by Crippen LogP contribution is -2.14. The highest BCUT2D eigenvalue weighted by molar-refractivity contribution is 9.10. The van der Waals surface area contributed by atoms with Gasteiger partial charge in [-0.05, 0) is 21.5 Å². The summed E-state index contributed by atoms with van der Waals surface area (Å²) in [5.41, 5.74) is 0.916. The molecule has 0 aliphatic carbocycles. The standard InChI is InChI=1S/C13H10BrClN2O2/c14-10-7-16-12(6-11(10)15)17-13(18)19-8-9-4-2-1-3-5-9/h1-7H,8H2,(H,16,17,18). The van der Waals surface area contributed by atoms with Gasteiger partial charge in [-0.25, -0.2) is 9.78 Å². The topological polar surface area (TPSA) is 51.2 Å². The quantitative estimate of drug-likeness (QED) is 0.908. The molecule has 1 aromatic heterocycles. The van der Waals surface area contributed by atoms with Gasteiger partial charge in [0, 0.05) is 12.3 Å². The first kappa shape index (κ1) is 13.8. The van der Waals surface area contributed by atoms with E-state index in [1.807, 2.05) is 30.3 Å². The molecule has 1 aromatic carbocycles. The summed E-state index contributed by atoms with van der Waals surface area (Å²) in [4.78, 5) is 15.5. The molecule has 4 nitrogen and oxygen atoms in total. The van der Waals surface area contributed by atoms with E-state index in [0.717, 1.165) is 5.56 Å². The Bertz CT molecular complexity index is 578. The van der Waals surface area contributed by atoms with Crippen LogP contribution in [0.3, 0.4) is 0 Å². The van der Waals surface area contributed by atoms with Crippen LogP contribution >= 0.6 is 27.5 Å². The number of pyridine rings is 1. The van der Waals surface area contributed by atoms with Crippen molar-refractivity contribution in [2.45, 2.75) is 6.61 Å². The van der Waals surface area contributed by atoms with Crippen molar-refractivity contribution < 1.29 is 9.53 Å². The molecule has 1 N–H and O–H groups in total. The fourth-order valence-corrected chi connectivity index (χ4v) is 1.72. The number of nitrogens with zero attached hydrogens (tertiary/aromatic N) is 1. The highest BCUT2D eigenvalue weighted by Gasteiger charge is 2.06. The van der Waals surface area contributed by atoms with Crippen LogP contribution in [-0.2, 0) is 11.3 Å². The number of nitrogens with one attached hydrogen (secondary N) is 1. The molecule has 0 aliphatic rings. The van der Waals surface area contributed by atoms with Gasteiger partial charge in [0.1, 0.15) is 12.4 Å². The Morgan fingerprint density at radius 2 is 2.11 bits per heavy atom. The van der Waals surface area contributed by atoms with Crippen molar-refractivity contribution in [2.24, 2.45) is 0 Å². The predicted molar refractivity (Wildman–Crippen MR) is 77.2 cm³/mol. The third kappa shape index (κ3) is 4.22. The first-order valence-corrected chi connectivity index (χ1v) is 6.61. The molecule has 98 valence electrons. The smallest absolute Gasteiger partial charge is 0.413 e. The molecule has 19 heavy (non-hydrogen) atoms. The number of hydrogen-bond donors (Lipinski definition) is 1. The second kappa shape index (κ2) is 6.54. The van der Waals surface area contributed by atoms with Crippen molar-refractivity contribution in [1.29, 1.82) is 0 Å². The molecule has 0 atom stereocenters. The van der Waals surface area contributed by atoms with E-state index in [0.29, 0.717) is 15.3 Å². The van der Waals surface area contributed by atoms with E-state index in [2.05, 4.69) is 26.2 Å². The zero-order valence-corrected chi connectivity index (χ0v) is 12.1. The molecule has 0 unspecified atom stereocenters. The molecule has 1 heterocycles. The number of carbonyl (C=O) groups excluding carboxylic acids is 1. The minimum atomic E-state index is -0.574. The second-order valence-electron chi connectivity index (χ2n) is 3.67. The van der Waals surface area contributed by atoms with Gasteiger partial charge in [-0.1, -0.05) is 41.9 Å². The molecule has 0 aliphatic heterocycles. The first-order chi connectivity index (χ1) is 9.15. The normalized spacial score (nSPS) is 10.0. The summed E-state index contributed by atoms with van der Waals surface area (Å²) in [6.45, 7) is 0.205. The molecule has 0 spiro atoms. The van der Waals surface area contributed by atoms with Crippen LogP contribution in [0, 0.1) is 0 Å². The zero-order chi connectivity index (χ0) is 13.7. The molecule has 0 fully saturated rings. The van der Waals surface area contributed by atoms with E-state index < -0.39 is 6.09 Å². The highest BCUT2D eigenvalue weighted by Crippen LogP contribution is 2.23. The SMILES string of the molecule is O=C(Nc1cc(Cl)c(Br)cn1)OCc1ccccc1. The number of benzene rings is 1. The summed E-state index contributed by atoms with van der Waals surface area (Å²) in [7, 11) is 0. The molecule has 1 amide bonds. The molecule has 0 radical (unpaired) electrons. The molecule has 0 bridgehead atoms. The average molecular weight is 342 g/mol. The van der Waals surface area contributed by atoms with E-state index in [1.54, 1.807) is 0 Å². The van der Waals surface area contributed by atoms with Gasteiger partial charge in [0.05, 0.1) is 9.50 Å². The van der Waals surface area contributed by atoms with Crippen LogP contribution in [0.4, 0.5) is 10.6 Å². The summed E-state index contributed by atoms with van der Waals surface area (Å²) in [5.74, 6) is 0.339. The number of carbonyl (C=O) groups is 1. The van der Waals surface area contributed by atoms with E-state index in [4.69, 9.17) is 16.3 Å².